The Morgan fingerprint density at radius 2 is 1.86 bits per heavy atom. The van der Waals surface area contributed by atoms with E-state index in [9.17, 15) is 8.42 Å². The average Bonchev–Trinajstić information content (AvgIpc) is 2.70. The van der Waals surface area contributed by atoms with Crippen molar-refractivity contribution in [2.45, 2.75) is 50.3 Å². The van der Waals surface area contributed by atoms with Crippen LogP contribution in [0.1, 0.15) is 44.1 Å². The molecule has 1 radical (unpaired) electrons. The number of ether oxygens (including phenoxy) is 1. The molecule has 1 aromatic carbocycles. The van der Waals surface area contributed by atoms with Gasteiger partial charge in [0.25, 0.3) is 0 Å². The van der Waals surface area contributed by atoms with E-state index < -0.39 is 10.0 Å². The molecule has 0 atom stereocenters. The maximum atomic E-state index is 12.9. The first-order chi connectivity index (χ1) is 13.5. The molecule has 153 valence electrons. The molecule has 0 N–H and O–H groups in total. The van der Waals surface area contributed by atoms with Gasteiger partial charge < -0.3 is 4.74 Å². The zero-order chi connectivity index (χ0) is 20.2. The second-order valence-corrected chi connectivity index (χ2v) is 8.93. The molecule has 0 unspecified atom stereocenters. The van der Waals surface area contributed by atoms with Crippen molar-refractivity contribution in [2.24, 2.45) is 0 Å². The molecular formula is C23H32NO3S. The van der Waals surface area contributed by atoms with E-state index >= 15 is 0 Å². The molecule has 1 aliphatic carbocycles. The summed E-state index contributed by atoms with van der Waals surface area (Å²) in [6, 6.07) is 7.06. The Morgan fingerprint density at radius 3 is 2.54 bits per heavy atom. The smallest absolute Gasteiger partial charge is 0.243 e. The van der Waals surface area contributed by atoms with Crippen molar-refractivity contribution in [3.05, 3.63) is 72.9 Å². The molecule has 2 rings (SSSR count). The monoisotopic (exact) mass is 402 g/mol. The van der Waals surface area contributed by atoms with Crippen molar-refractivity contribution < 1.29 is 13.2 Å². The Balaban J connectivity index is 1.76. The first kappa shape index (κ1) is 22.4. The molecule has 0 amide bonds. The number of hydrogen-bond acceptors (Lipinski definition) is 3. The highest BCUT2D eigenvalue weighted by Crippen LogP contribution is 2.18. The Labute approximate surface area is 170 Å². The van der Waals surface area contributed by atoms with E-state index in [1.165, 1.54) is 0 Å². The molecule has 0 bridgehead atoms. The summed E-state index contributed by atoms with van der Waals surface area (Å²) in [5, 5.41) is 0. The number of unbranched alkanes of at least 4 members (excludes halogenated alkanes) is 3. The SMILES string of the molecule is C=CCCN(CCCCCCOC1=CC[CH]C=C1)S(=O)(=O)c1ccc(C)cc1. The van der Waals surface area contributed by atoms with Crippen LogP contribution in [0.5, 0.6) is 0 Å². The van der Waals surface area contributed by atoms with E-state index in [-0.39, 0.29) is 0 Å². The van der Waals surface area contributed by atoms with Crippen molar-refractivity contribution in [3.63, 3.8) is 0 Å². The lowest BCUT2D eigenvalue weighted by molar-refractivity contribution is 0.215. The van der Waals surface area contributed by atoms with Crippen molar-refractivity contribution in [1.82, 2.24) is 4.31 Å². The quantitative estimate of drug-likeness (QED) is 0.337. The van der Waals surface area contributed by atoms with E-state index in [1.54, 1.807) is 22.5 Å². The molecule has 1 aliphatic rings. The van der Waals surface area contributed by atoms with Crippen LogP contribution >= 0.6 is 0 Å². The Hall–Kier alpha value is -1.85. The average molecular weight is 403 g/mol. The summed E-state index contributed by atoms with van der Waals surface area (Å²) in [6.07, 6.45) is 15.4. The summed E-state index contributed by atoms with van der Waals surface area (Å²) < 4.78 is 33.2. The van der Waals surface area contributed by atoms with Crippen molar-refractivity contribution >= 4 is 10.0 Å². The van der Waals surface area contributed by atoms with Gasteiger partial charge in [-0.25, -0.2) is 8.42 Å². The summed E-state index contributed by atoms with van der Waals surface area (Å²) in [4.78, 5) is 0.363. The van der Waals surface area contributed by atoms with Crippen LogP contribution in [0.25, 0.3) is 0 Å². The van der Waals surface area contributed by atoms with Gasteiger partial charge in [-0.15, -0.1) is 6.58 Å². The van der Waals surface area contributed by atoms with E-state index in [1.807, 2.05) is 31.2 Å². The normalized spacial score (nSPS) is 14.1. The summed E-state index contributed by atoms with van der Waals surface area (Å²) >= 11 is 0. The topological polar surface area (TPSA) is 46.6 Å². The van der Waals surface area contributed by atoms with Gasteiger partial charge in [0.05, 0.1) is 11.5 Å². The molecular weight excluding hydrogens is 370 g/mol. The molecule has 0 saturated carbocycles. The van der Waals surface area contributed by atoms with Gasteiger partial charge in [-0.3, -0.25) is 0 Å². The lowest BCUT2D eigenvalue weighted by atomic mass is 10.2. The maximum absolute atomic E-state index is 12.9. The van der Waals surface area contributed by atoms with Gasteiger partial charge in [0.1, 0.15) is 5.76 Å². The number of nitrogens with zero attached hydrogens (tertiary/aromatic N) is 1. The fourth-order valence-corrected chi connectivity index (χ4v) is 4.47. The Morgan fingerprint density at radius 1 is 1.11 bits per heavy atom. The Bertz CT molecular complexity index is 764. The van der Waals surface area contributed by atoms with Crippen LogP contribution in [0.2, 0.25) is 0 Å². The zero-order valence-electron chi connectivity index (χ0n) is 16.8. The highest BCUT2D eigenvalue weighted by atomic mass is 32.2. The van der Waals surface area contributed by atoms with Gasteiger partial charge in [-0.2, -0.15) is 4.31 Å². The predicted octanol–water partition coefficient (Wildman–Crippen LogP) is 5.19. The minimum Gasteiger partial charge on any atom is -0.494 e. The van der Waals surface area contributed by atoms with Crippen LogP contribution in [0.15, 0.2) is 65.8 Å². The third-order valence-electron chi connectivity index (χ3n) is 4.66. The van der Waals surface area contributed by atoms with Crippen LogP contribution in [0.3, 0.4) is 0 Å². The predicted molar refractivity (Wildman–Crippen MR) is 115 cm³/mol. The van der Waals surface area contributed by atoms with Gasteiger partial charge in [-0.05, 0) is 63.3 Å². The molecule has 4 nitrogen and oxygen atoms in total. The lowest BCUT2D eigenvalue weighted by Crippen LogP contribution is -2.33. The van der Waals surface area contributed by atoms with Crippen LogP contribution in [-0.4, -0.2) is 32.4 Å². The molecule has 0 saturated heterocycles. The number of rotatable bonds is 13. The van der Waals surface area contributed by atoms with Crippen molar-refractivity contribution in [2.75, 3.05) is 19.7 Å². The van der Waals surface area contributed by atoms with Gasteiger partial charge in [0.2, 0.25) is 10.0 Å². The maximum Gasteiger partial charge on any atom is 0.243 e. The molecule has 0 aromatic heterocycles. The second-order valence-electron chi connectivity index (χ2n) is 6.99. The number of sulfonamides is 1. The van der Waals surface area contributed by atoms with E-state index in [0.717, 1.165) is 43.4 Å². The molecule has 0 aliphatic heterocycles. The standard InChI is InChI=1S/C23H32NO3S/c1-3-4-18-24(28(25,26)23-16-14-21(2)15-17-23)19-10-5-6-11-20-27-22-12-8-7-9-13-22/h3,7-8,12-17H,1,4-6,9-11,18-20H2,2H3. The summed E-state index contributed by atoms with van der Waals surface area (Å²) in [5.74, 6) is 0.947. The van der Waals surface area contributed by atoms with E-state index in [0.29, 0.717) is 31.0 Å². The van der Waals surface area contributed by atoms with Gasteiger partial charge in [0, 0.05) is 13.1 Å². The van der Waals surface area contributed by atoms with Crippen LogP contribution < -0.4 is 0 Å². The minimum absolute atomic E-state index is 0.363. The van der Waals surface area contributed by atoms with Crippen molar-refractivity contribution in [3.8, 4) is 0 Å². The number of benzene rings is 1. The summed E-state index contributed by atoms with van der Waals surface area (Å²) in [6.45, 7) is 7.39. The molecule has 0 heterocycles. The fourth-order valence-electron chi connectivity index (χ4n) is 2.98. The highest BCUT2D eigenvalue weighted by molar-refractivity contribution is 7.89. The first-order valence-corrected chi connectivity index (χ1v) is 11.5. The number of aryl methyl sites for hydroxylation is 1. The third kappa shape index (κ3) is 7.28. The molecule has 0 spiro atoms. The molecule has 0 fully saturated rings. The zero-order valence-corrected chi connectivity index (χ0v) is 17.7. The summed E-state index contributed by atoms with van der Waals surface area (Å²) in [7, 11) is -3.46. The van der Waals surface area contributed by atoms with Gasteiger partial charge in [0.15, 0.2) is 0 Å². The lowest BCUT2D eigenvalue weighted by Gasteiger charge is -2.22. The highest BCUT2D eigenvalue weighted by Gasteiger charge is 2.23. The second kappa shape index (κ2) is 11.9. The first-order valence-electron chi connectivity index (χ1n) is 10.0. The van der Waals surface area contributed by atoms with Crippen molar-refractivity contribution in [1.29, 1.82) is 0 Å². The largest absolute Gasteiger partial charge is 0.494 e. The molecule has 1 aromatic rings. The molecule has 28 heavy (non-hydrogen) atoms. The minimum atomic E-state index is -3.46. The fraction of sp³-hybridized carbons (Fsp3) is 0.435. The molecule has 5 heteroatoms. The number of hydrogen-bond donors (Lipinski definition) is 0. The van der Waals surface area contributed by atoms with Crippen LogP contribution in [0, 0.1) is 13.3 Å². The van der Waals surface area contributed by atoms with E-state index in [2.05, 4.69) is 19.1 Å². The van der Waals surface area contributed by atoms with Crippen LogP contribution in [-0.2, 0) is 14.8 Å². The number of allylic oxidation sites excluding steroid dienone is 3. The van der Waals surface area contributed by atoms with Gasteiger partial charge >= 0.3 is 0 Å². The van der Waals surface area contributed by atoms with Gasteiger partial charge in [-0.1, -0.05) is 42.7 Å². The Kier molecular flexibility index (Phi) is 9.51. The third-order valence-corrected chi connectivity index (χ3v) is 6.58. The van der Waals surface area contributed by atoms with Crippen LogP contribution in [0.4, 0.5) is 0 Å². The van der Waals surface area contributed by atoms with E-state index in [4.69, 9.17) is 4.74 Å². The summed E-state index contributed by atoms with van der Waals surface area (Å²) in [5.41, 5.74) is 1.05.